The Kier molecular flexibility index (Phi) is 16.2. The molecular weight excluding hydrogens is 823 g/mol. The summed E-state index contributed by atoms with van der Waals surface area (Å²) in [6.45, 7) is 27.1. The summed E-state index contributed by atoms with van der Waals surface area (Å²) in [5.74, 6) is -0.360. The summed E-state index contributed by atoms with van der Waals surface area (Å²) in [4.78, 5) is 45.1. The van der Waals surface area contributed by atoms with Crippen LogP contribution in [0.2, 0.25) is 0 Å². The van der Waals surface area contributed by atoms with E-state index in [0.717, 1.165) is 32.1 Å². The van der Waals surface area contributed by atoms with Crippen LogP contribution in [0.25, 0.3) is 0 Å². The molecule has 9 nitrogen and oxygen atoms in total. The maximum atomic E-state index is 15.2. The fraction of sp³-hybridized carbons (Fsp3) is 0.947. The molecule has 378 valence electrons. The zero-order chi connectivity index (χ0) is 47.9. The minimum atomic E-state index is -0.779. The molecule has 0 radical (unpaired) electrons. The van der Waals surface area contributed by atoms with Gasteiger partial charge in [-0.1, -0.05) is 96.3 Å². The highest BCUT2D eigenvalue weighted by molar-refractivity contribution is 5.84. The molecule has 3 saturated heterocycles. The van der Waals surface area contributed by atoms with Crippen LogP contribution in [0, 0.1) is 53.3 Å². The number of nitrogens with one attached hydrogen (secondary N) is 3. The van der Waals surface area contributed by atoms with Crippen LogP contribution in [0.15, 0.2) is 0 Å². The molecule has 0 aromatic carbocycles. The average Bonchev–Trinajstić information content (AvgIpc) is 3.21. The van der Waals surface area contributed by atoms with Crippen molar-refractivity contribution in [3.8, 4) is 0 Å². The van der Waals surface area contributed by atoms with Crippen molar-refractivity contribution in [2.24, 2.45) is 53.3 Å². The first-order valence-electron chi connectivity index (χ1n) is 27.8. The Bertz CT molecular complexity index is 1650. The molecular formula is C57H99N3O6. The zero-order valence-electron chi connectivity index (χ0n) is 44.3. The van der Waals surface area contributed by atoms with Crippen molar-refractivity contribution in [2.75, 3.05) is 0 Å². The fourth-order valence-electron chi connectivity index (χ4n) is 16.1. The molecule has 7 fully saturated rings. The molecule has 7 rings (SSSR count). The Balaban J connectivity index is 1.15. The predicted octanol–water partition coefficient (Wildman–Crippen LogP) is 12.2. The highest BCUT2D eigenvalue weighted by Gasteiger charge is 2.54. The van der Waals surface area contributed by atoms with E-state index >= 15 is 9.59 Å². The van der Waals surface area contributed by atoms with E-state index in [4.69, 9.17) is 14.2 Å². The molecule has 4 aliphatic carbocycles. The van der Waals surface area contributed by atoms with Crippen molar-refractivity contribution >= 4 is 17.9 Å². The molecule has 0 aromatic heterocycles. The Morgan fingerprint density at radius 2 is 0.697 bits per heavy atom. The summed E-state index contributed by atoms with van der Waals surface area (Å²) in [6, 6.07) is 0. The molecule has 0 amide bonds. The van der Waals surface area contributed by atoms with Crippen molar-refractivity contribution in [1.82, 2.24) is 16.0 Å². The van der Waals surface area contributed by atoms with E-state index in [1.165, 1.54) is 96.3 Å². The predicted molar refractivity (Wildman–Crippen MR) is 266 cm³/mol. The van der Waals surface area contributed by atoms with Gasteiger partial charge in [0.1, 0.15) is 18.3 Å². The number of esters is 3. The van der Waals surface area contributed by atoms with Crippen molar-refractivity contribution in [3.63, 3.8) is 0 Å². The third kappa shape index (κ3) is 13.0. The van der Waals surface area contributed by atoms with Crippen LogP contribution in [0.5, 0.6) is 0 Å². The van der Waals surface area contributed by atoms with Crippen LogP contribution in [0.3, 0.4) is 0 Å². The van der Waals surface area contributed by atoms with E-state index < -0.39 is 17.8 Å². The Labute approximate surface area is 403 Å². The number of hydrogen-bond donors (Lipinski definition) is 3. The van der Waals surface area contributed by atoms with Gasteiger partial charge in [0.2, 0.25) is 0 Å². The molecule has 0 spiro atoms. The lowest BCUT2D eigenvalue weighted by atomic mass is 9.67. The molecule has 9 unspecified atom stereocenters. The number of hydrogen-bond acceptors (Lipinski definition) is 9. The molecule has 66 heavy (non-hydrogen) atoms. The second kappa shape index (κ2) is 20.6. The fourth-order valence-corrected chi connectivity index (χ4v) is 16.1. The Morgan fingerprint density at radius 1 is 0.394 bits per heavy atom. The van der Waals surface area contributed by atoms with Gasteiger partial charge < -0.3 is 30.2 Å². The monoisotopic (exact) mass is 922 g/mol. The summed E-state index contributed by atoms with van der Waals surface area (Å²) < 4.78 is 20.5. The molecule has 4 saturated carbocycles. The third-order valence-electron chi connectivity index (χ3n) is 18.8. The quantitative estimate of drug-likeness (QED) is 0.130. The van der Waals surface area contributed by atoms with E-state index in [0.29, 0.717) is 37.0 Å². The lowest BCUT2D eigenvalue weighted by Crippen LogP contribution is -2.66. The standard InChI is InChI=1S/C57H99N3O6/c1-52(2)34-46(43(55(7,8)58-52)30-37-22-16-13-17-23-37)64-49(61)40-28-29-41(50(62)65-47-35-53(3,4)59-56(9,10)44(47)31-38-24-18-14-19-25-38)42(33-40)51(63)66-48-36-54(5,6)60-57(11,12)45(48)32-39-26-20-15-21-27-39/h37-48,58-60H,13-36H2,1-12H3. The normalized spacial score (nSPS) is 37.0. The van der Waals surface area contributed by atoms with E-state index in [-0.39, 0.29) is 93.6 Å². The average molecular weight is 922 g/mol. The van der Waals surface area contributed by atoms with E-state index in [2.05, 4.69) is 99.0 Å². The highest BCUT2D eigenvalue weighted by Crippen LogP contribution is 2.47. The van der Waals surface area contributed by atoms with Gasteiger partial charge in [-0.05, 0) is 139 Å². The Morgan fingerprint density at radius 3 is 1.03 bits per heavy atom. The van der Waals surface area contributed by atoms with Gasteiger partial charge in [0.05, 0.1) is 17.8 Å². The van der Waals surface area contributed by atoms with Crippen LogP contribution < -0.4 is 16.0 Å². The molecule has 7 aliphatic rings. The number of carbonyl (C=O) groups is 3. The van der Waals surface area contributed by atoms with Crippen LogP contribution in [-0.4, -0.2) is 69.5 Å². The molecule has 3 aliphatic heterocycles. The molecule has 3 N–H and O–H groups in total. The van der Waals surface area contributed by atoms with Gasteiger partial charge in [0.15, 0.2) is 0 Å². The van der Waals surface area contributed by atoms with Crippen molar-refractivity contribution in [2.45, 2.75) is 289 Å². The van der Waals surface area contributed by atoms with Crippen LogP contribution in [0.4, 0.5) is 0 Å². The lowest BCUT2D eigenvalue weighted by molar-refractivity contribution is -0.183. The van der Waals surface area contributed by atoms with Gasteiger partial charge in [-0.2, -0.15) is 0 Å². The maximum Gasteiger partial charge on any atom is 0.310 e. The summed E-state index contributed by atoms with van der Waals surface area (Å²) in [7, 11) is 0. The SMILES string of the molecule is CC1(C)CC(OC(=O)C2CCC(C(=O)OC3CC(C)(C)NC(C)(C)C3CC3CCCCC3)C(C(=O)OC3CC(C)(C)NC(C)(C)C3CC3CCCCC3)C2)C(CC2CCCCC2)C(C)(C)N1. The van der Waals surface area contributed by atoms with E-state index in [1.54, 1.807) is 0 Å². The molecule has 9 atom stereocenters. The molecule has 9 heteroatoms. The molecule has 0 aromatic rings. The first-order chi connectivity index (χ1) is 30.8. The maximum absolute atomic E-state index is 15.2. The summed E-state index contributed by atoms with van der Waals surface area (Å²) in [5, 5.41) is 11.8. The van der Waals surface area contributed by atoms with E-state index in [9.17, 15) is 4.79 Å². The van der Waals surface area contributed by atoms with Crippen LogP contribution in [0.1, 0.15) is 237 Å². The van der Waals surface area contributed by atoms with Gasteiger partial charge in [-0.15, -0.1) is 0 Å². The van der Waals surface area contributed by atoms with E-state index in [1.807, 2.05) is 0 Å². The zero-order valence-corrected chi connectivity index (χ0v) is 44.3. The topological polar surface area (TPSA) is 115 Å². The number of rotatable bonds is 12. The number of carbonyl (C=O) groups excluding carboxylic acids is 3. The first-order valence-corrected chi connectivity index (χ1v) is 27.8. The summed E-state index contributed by atoms with van der Waals surface area (Å²) in [5.41, 5.74) is -1.31. The number of piperidine rings is 3. The van der Waals surface area contributed by atoms with Crippen molar-refractivity contribution in [3.05, 3.63) is 0 Å². The molecule has 0 bridgehead atoms. The van der Waals surface area contributed by atoms with Gasteiger partial charge in [-0.3, -0.25) is 14.4 Å². The highest BCUT2D eigenvalue weighted by atomic mass is 16.6. The molecule has 3 heterocycles. The van der Waals surface area contributed by atoms with Gasteiger partial charge in [0.25, 0.3) is 0 Å². The number of ether oxygens (including phenoxy) is 3. The Hall–Kier alpha value is -1.71. The van der Waals surface area contributed by atoms with Crippen molar-refractivity contribution in [1.29, 1.82) is 0 Å². The van der Waals surface area contributed by atoms with Gasteiger partial charge >= 0.3 is 17.9 Å². The lowest BCUT2D eigenvalue weighted by Gasteiger charge is -2.53. The third-order valence-corrected chi connectivity index (χ3v) is 18.8. The van der Waals surface area contributed by atoms with Crippen LogP contribution >= 0.6 is 0 Å². The smallest absolute Gasteiger partial charge is 0.310 e. The minimum absolute atomic E-state index is 0.139. The van der Waals surface area contributed by atoms with Crippen LogP contribution in [-0.2, 0) is 28.6 Å². The second-order valence-electron chi connectivity index (χ2n) is 27.5. The second-order valence-corrected chi connectivity index (χ2v) is 27.5. The van der Waals surface area contributed by atoms with Crippen molar-refractivity contribution < 1.29 is 28.6 Å². The van der Waals surface area contributed by atoms with Gasteiger partial charge in [0, 0.05) is 70.2 Å². The van der Waals surface area contributed by atoms with Gasteiger partial charge in [-0.25, -0.2) is 0 Å². The minimum Gasteiger partial charge on any atom is -0.462 e. The summed E-state index contributed by atoms with van der Waals surface area (Å²) >= 11 is 0. The summed E-state index contributed by atoms with van der Waals surface area (Å²) in [6.07, 6.45) is 24.7. The largest absolute Gasteiger partial charge is 0.462 e. The first kappa shape index (κ1) is 52.1.